The van der Waals surface area contributed by atoms with Gasteiger partial charge in [0.15, 0.2) is 0 Å². The molecular formula is C19H24N6O. The maximum atomic E-state index is 12.3. The normalized spacial score (nSPS) is 12.3. The summed E-state index contributed by atoms with van der Waals surface area (Å²) in [5.41, 5.74) is 3.91. The van der Waals surface area contributed by atoms with Crippen molar-refractivity contribution in [3.05, 3.63) is 52.9 Å². The van der Waals surface area contributed by atoms with Crippen molar-refractivity contribution in [2.45, 2.75) is 53.0 Å². The highest BCUT2D eigenvalue weighted by Gasteiger charge is 2.14. The number of hydrogen-bond donors (Lipinski definition) is 1. The molecule has 0 unspecified atom stereocenters. The Morgan fingerprint density at radius 3 is 2.77 bits per heavy atom. The molecule has 3 heterocycles. The molecule has 7 nitrogen and oxygen atoms in total. The Bertz CT molecular complexity index is 919. The van der Waals surface area contributed by atoms with E-state index in [0.29, 0.717) is 24.4 Å². The van der Waals surface area contributed by atoms with Crippen molar-refractivity contribution in [1.29, 1.82) is 0 Å². The van der Waals surface area contributed by atoms with E-state index in [2.05, 4.69) is 25.4 Å². The summed E-state index contributed by atoms with van der Waals surface area (Å²) < 4.78 is 1.75. The molecule has 1 atom stereocenters. The first-order valence-electron chi connectivity index (χ1n) is 8.82. The smallest absolute Gasteiger partial charge is 0.252 e. The van der Waals surface area contributed by atoms with Crippen molar-refractivity contribution < 1.29 is 4.79 Å². The average molecular weight is 352 g/mol. The van der Waals surface area contributed by atoms with Crippen molar-refractivity contribution in [2.24, 2.45) is 0 Å². The number of carbonyl (C=O) groups is 1. The maximum absolute atomic E-state index is 12.3. The van der Waals surface area contributed by atoms with E-state index in [1.807, 2.05) is 45.9 Å². The summed E-state index contributed by atoms with van der Waals surface area (Å²) >= 11 is 0. The summed E-state index contributed by atoms with van der Waals surface area (Å²) in [6.45, 7) is 7.79. The van der Waals surface area contributed by atoms with Gasteiger partial charge in [-0.15, -0.1) is 0 Å². The van der Waals surface area contributed by atoms with Gasteiger partial charge in [-0.25, -0.2) is 9.50 Å². The zero-order valence-corrected chi connectivity index (χ0v) is 15.7. The van der Waals surface area contributed by atoms with Gasteiger partial charge in [0.05, 0.1) is 0 Å². The van der Waals surface area contributed by atoms with Crippen molar-refractivity contribution in [3.63, 3.8) is 0 Å². The second-order valence-electron chi connectivity index (χ2n) is 6.63. The van der Waals surface area contributed by atoms with Crippen molar-refractivity contribution >= 4 is 11.7 Å². The van der Waals surface area contributed by atoms with Crippen LogP contribution in [0.15, 0.2) is 24.4 Å². The van der Waals surface area contributed by atoms with E-state index in [4.69, 9.17) is 0 Å². The van der Waals surface area contributed by atoms with Crippen LogP contribution in [0.4, 0.5) is 0 Å². The number of nitrogens with one attached hydrogen (secondary N) is 1. The van der Waals surface area contributed by atoms with Crippen LogP contribution < -0.4 is 5.32 Å². The average Bonchev–Trinajstić information content (AvgIpc) is 2.95. The summed E-state index contributed by atoms with van der Waals surface area (Å²) in [5.74, 6) is 1.33. The Morgan fingerprint density at radius 2 is 2.04 bits per heavy atom. The lowest BCUT2D eigenvalue weighted by molar-refractivity contribution is -0.121. The molecule has 0 bridgehead atoms. The van der Waals surface area contributed by atoms with Crippen LogP contribution in [-0.4, -0.2) is 36.5 Å². The molecule has 0 fully saturated rings. The van der Waals surface area contributed by atoms with Crippen LogP contribution in [0.2, 0.25) is 0 Å². The van der Waals surface area contributed by atoms with Gasteiger partial charge in [-0.05, 0) is 51.8 Å². The Balaban J connectivity index is 1.61. The Kier molecular flexibility index (Phi) is 5.25. The minimum absolute atomic E-state index is 0.0297. The highest BCUT2D eigenvalue weighted by Crippen LogP contribution is 2.15. The molecular weight excluding hydrogens is 328 g/mol. The summed E-state index contributed by atoms with van der Waals surface area (Å²) in [5, 5.41) is 7.42. The molecule has 0 saturated heterocycles. The lowest BCUT2D eigenvalue weighted by atomic mass is 10.1. The number of nitrogens with zero attached hydrogens (tertiary/aromatic N) is 5. The zero-order chi connectivity index (χ0) is 18.7. The van der Waals surface area contributed by atoms with Crippen LogP contribution in [0.25, 0.3) is 5.78 Å². The van der Waals surface area contributed by atoms with Gasteiger partial charge in [0, 0.05) is 42.2 Å². The number of aromatic nitrogens is 5. The zero-order valence-electron chi connectivity index (χ0n) is 15.7. The summed E-state index contributed by atoms with van der Waals surface area (Å²) in [6, 6.07) is 5.85. The predicted molar refractivity (Wildman–Crippen MR) is 98.9 cm³/mol. The molecule has 3 rings (SSSR count). The molecule has 3 aromatic heterocycles. The fraction of sp³-hybridized carbons (Fsp3) is 0.421. The van der Waals surface area contributed by atoms with Gasteiger partial charge >= 0.3 is 0 Å². The lowest BCUT2D eigenvalue weighted by Crippen LogP contribution is -2.34. The summed E-state index contributed by atoms with van der Waals surface area (Å²) in [4.78, 5) is 25.4. The maximum Gasteiger partial charge on any atom is 0.252 e. The minimum Gasteiger partial charge on any atom is -0.353 e. The van der Waals surface area contributed by atoms with E-state index in [0.717, 1.165) is 29.1 Å². The molecule has 0 aliphatic heterocycles. The SMILES string of the molecule is Cc1nc2nc(C)c(CCC(=O)N[C@@H](C)Cc3ccccn3)c(C)n2n1. The minimum atomic E-state index is 0.0297. The molecule has 0 aliphatic rings. The molecule has 0 spiro atoms. The molecule has 1 amide bonds. The molecule has 136 valence electrons. The van der Waals surface area contributed by atoms with E-state index >= 15 is 0 Å². The van der Waals surface area contributed by atoms with Crippen LogP contribution in [0.1, 0.15) is 41.8 Å². The number of carbonyl (C=O) groups excluding carboxylic acids is 1. The van der Waals surface area contributed by atoms with Crippen LogP contribution >= 0.6 is 0 Å². The molecule has 0 aromatic carbocycles. The Hall–Kier alpha value is -2.83. The van der Waals surface area contributed by atoms with Gasteiger partial charge < -0.3 is 5.32 Å². The summed E-state index contributed by atoms with van der Waals surface area (Å²) in [7, 11) is 0. The molecule has 0 aliphatic carbocycles. The Morgan fingerprint density at radius 1 is 1.23 bits per heavy atom. The van der Waals surface area contributed by atoms with Gasteiger partial charge in [0.2, 0.25) is 5.91 Å². The topological polar surface area (TPSA) is 85.1 Å². The Labute approximate surface area is 152 Å². The third-order valence-corrected chi connectivity index (χ3v) is 4.41. The highest BCUT2D eigenvalue weighted by atomic mass is 16.1. The third-order valence-electron chi connectivity index (χ3n) is 4.41. The van der Waals surface area contributed by atoms with Crippen LogP contribution in [-0.2, 0) is 17.6 Å². The monoisotopic (exact) mass is 352 g/mol. The quantitative estimate of drug-likeness (QED) is 0.734. The first kappa shape index (κ1) is 18.0. The van der Waals surface area contributed by atoms with Gasteiger partial charge in [-0.1, -0.05) is 6.07 Å². The van der Waals surface area contributed by atoms with Crippen molar-refractivity contribution in [2.75, 3.05) is 0 Å². The van der Waals surface area contributed by atoms with E-state index in [-0.39, 0.29) is 11.9 Å². The van der Waals surface area contributed by atoms with Crippen molar-refractivity contribution in [1.82, 2.24) is 29.9 Å². The summed E-state index contributed by atoms with van der Waals surface area (Å²) in [6.07, 6.45) is 3.53. The van der Waals surface area contributed by atoms with E-state index in [1.165, 1.54) is 0 Å². The third kappa shape index (κ3) is 4.04. The van der Waals surface area contributed by atoms with Gasteiger partial charge in [-0.2, -0.15) is 10.1 Å². The van der Waals surface area contributed by atoms with Gasteiger partial charge in [0.1, 0.15) is 5.82 Å². The van der Waals surface area contributed by atoms with E-state index in [9.17, 15) is 4.79 Å². The standard InChI is InChI=1S/C19H24N6O/c1-12(11-16-7-5-6-10-20-16)21-18(26)9-8-17-13(2)22-19-23-15(4)24-25(19)14(17)3/h5-7,10,12H,8-9,11H2,1-4H3,(H,21,26)/t12-/m0/s1. The number of aryl methyl sites for hydroxylation is 3. The first-order chi connectivity index (χ1) is 12.4. The molecule has 0 radical (unpaired) electrons. The number of hydrogen-bond acceptors (Lipinski definition) is 5. The number of amides is 1. The van der Waals surface area contributed by atoms with Crippen molar-refractivity contribution in [3.8, 4) is 0 Å². The molecule has 3 aromatic rings. The number of rotatable bonds is 6. The fourth-order valence-corrected chi connectivity index (χ4v) is 3.14. The van der Waals surface area contributed by atoms with Crippen LogP contribution in [0, 0.1) is 20.8 Å². The second-order valence-corrected chi connectivity index (χ2v) is 6.63. The van der Waals surface area contributed by atoms with Gasteiger partial charge in [-0.3, -0.25) is 9.78 Å². The number of fused-ring (bicyclic) bond motifs is 1. The lowest BCUT2D eigenvalue weighted by Gasteiger charge is -2.14. The highest BCUT2D eigenvalue weighted by molar-refractivity contribution is 5.76. The predicted octanol–water partition coefficient (Wildman–Crippen LogP) is 2.12. The molecule has 1 N–H and O–H groups in total. The van der Waals surface area contributed by atoms with Crippen LogP contribution in [0.3, 0.4) is 0 Å². The molecule has 0 saturated carbocycles. The first-order valence-corrected chi connectivity index (χ1v) is 8.82. The van der Waals surface area contributed by atoms with Crippen LogP contribution in [0.5, 0.6) is 0 Å². The molecule has 26 heavy (non-hydrogen) atoms. The second kappa shape index (κ2) is 7.59. The van der Waals surface area contributed by atoms with E-state index < -0.39 is 0 Å². The van der Waals surface area contributed by atoms with E-state index in [1.54, 1.807) is 10.7 Å². The number of pyridine rings is 1. The fourth-order valence-electron chi connectivity index (χ4n) is 3.14. The molecule has 7 heteroatoms. The van der Waals surface area contributed by atoms with Gasteiger partial charge in [0.25, 0.3) is 5.78 Å². The largest absolute Gasteiger partial charge is 0.353 e.